The summed E-state index contributed by atoms with van der Waals surface area (Å²) in [4.78, 5) is 0. The van der Waals surface area contributed by atoms with Gasteiger partial charge in [-0.15, -0.1) is 0 Å². The zero-order chi connectivity index (χ0) is 16.8. The first-order valence-corrected chi connectivity index (χ1v) is 11.0. The minimum absolute atomic E-state index is 0.535. The van der Waals surface area contributed by atoms with Gasteiger partial charge in [0.2, 0.25) is 0 Å². The van der Waals surface area contributed by atoms with Crippen LogP contribution in [0, 0.1) is 0 Å². The molecule has 0 saturated heterocycles. The maximum atomic E-state index is 3.47. The predicted octanol–water partition coefficient (Wildman–Crippen LogP) is 8.23. The van der Waals surface area contributed by atoms with Crippen molar-refractivity contribution in [3.8, 4) is 0 Å². The van der Waals surface area contributed by atoms with Gasteiger partial charge in [0.1, 0.15) is 0 Å². The first-order valence-electron chi connectivity index (χ1n) is 7.86. The van der Waals surface area contributed by atoms with Crippen LogP contribution in [0.5, 0.6) is 0 Å². The molecule has 2 bridgehead atoms. The molecule has 0 amide bonds. The van der Waals surface area contributed by atoms with Crippen LogP contribution in [0.25, 0.3) is 12.2 Å². The van der Waals surface area contributed by atoms with E-state index in [0.29, 0.717) is 11.8 Å². The summed E-state index contributed by atoms with van der Waals surface area (Å²) in [5.41, 5.74) is 8.54. The van der Waals surface area contributed by atoms with E-state index in [2.05, 4.69) is 112 Å². The lowest BCUT2D eigenvalue weighted by molar-refractivity contribution is 0.519. The Balaban J connectivity index is 1.82. The number of fused-ring (bicyclic) bond motifs is 1. The van der Waals surface area contributed by atoms with Crippen LogP contribution in [-0.2, 0) is 0 Å². The summed E-state index contributed by atoms with van der Waals surface area (Å²) in [6.45, 7) is 0. The standard InChI is InChI=1S/C20H14Br4/c21-19(22)9-11-1-3-13-15-5-6-16(17(13)7-11)14-4-2-12(8-18(14)15)10-20(23)24/h1-4,7-10,15-16H,5-6H2. The van der Waals surface area contributed by atoms with Gasteiger partial charge in [-0.1, -0.05) is 36.4 Å². The largest absolute Gasteiger partial charge is 0.0610 e. The average Bonchev–Trinajstić information content (AvgIpc) is 2.54. The van der Waals surface area contributed by atoms with E-state index in [1.54, 1.807) is 0 Å². The molecule has 5 rings (SSSR count). The molecule has 0 fully saturated rings. The van der Waals surface area contributed by atoms with Crippen LogP contribution in [0.15, 0.2) is 43.2 Å². The van der Waals surface area contributed by atoms with E-state index in [1.165, 1.54) is 46.2 Å². The van der Waals surface area contributed by atoms with Crippen molar-refractivity contribution < 1.29 is 0 Å². The molecule has 3 aliphatic rings. The van der Waals surface area contributed by atoms with Gasteiger partial charge in [0.05, 0.1) is 6.78 Å². The highest BCUT2D eigenvalue weighted by molar-refractivity contribution is 9.28. The molecule has 0 aliphatic heterocycles. The summed E-state index contributed by atoms with van der Waals surface area (Å²) in [6.07, 6.45) is 6.74. The van der Waals surface area contributed by atoms with E-state index >= 15 is 0 Å². The highest BCUT2D eigenvalue weighted by Crippen LogP contribution is 2.53. The van der Waals surface area contributed by atoms with Crippen LogP contribution in [0.3, 0.4) is 0 Å². The topological polar surface area (TPSA) is 0 Å². The Morgan fingerprint density at radius 3 is 1.46 bits per heavy atom. The molecular formula is C20H14Br4. The average molecular weight is 574 g/mol. The number of hydrogen-bond acceptors (Lipinski definition) is 0. The van der Waals surface area contributed by atoms with Gasteiger partial charge in [0.25, 0.3) is 0 Å². The zero-order valence-electron chi connectivity index (χ0n) is 12.7. The Labute approximate surface area is 175 Å². The highest BCUT2D eigenvalue weighted by atomic mass is 79.9. The molecule has 0 spiro atoms. The van der Waals surface area contributed by atoms with Crippen LogP contribution < -0.4 is 0 Å². The van der Waals surface area contributed by atoms with Gasteiger partial charge in [-0.3, -0.25) is 0 Å². The van der Waals surface area contributed by atoms with E-state index in [0.717, 1.165) is 6.78 Å². The normalized spacial score (nSPS) is 20.2. The summed E-state index contributed by atoms with van der Waals surface area (Å²) >= 11 is 13.9. The van der Waals surface area contributed by atoms with Crippen molar-refractivity contribution in [1.29, 1.82) is 0 Å². The first kappa shape index (κ1) is 17.3. The number of hydrogen-bond donors (Lipinski definition) is 0. The zero-order valence-corrected chi connectivity index (χ0v) is 19.0. The fourth-order valence-electron chi connectivity index (χ4n) is 4.15. The molecule has 3 aliphatic carbocycles. The molecule has 0 nitrogen and oxygen atoms in total. The van der Waals surface area contributed by atoms with E-state index in [4.69, 9.17) is 0 Å². The molecule has 2 atom stereocenters. The van der Waals surface area contributed by atoms with E-state index in [9.17, 15) is 0 Å². The fraction of sp³-hybridized carbons (Fsp3) is 0.200. The lowest BCUT2D eigenvalue weighted by atomic mass is 9.63. The van der Waals surface area contributed by atoms with Crippen molar-refractivity contribution in [3.05, 3.63) is 76.6 Å². The lowest BCUT2D eigenvalue weighted by Gasteiger charge is -2.40. The molecule has 0 heterocycles. The summed E-state index contributed by atoms with van der Waals surface area (Å²) in [7, 11) is 0. The third-order valence-electron chi connectivity index (χ3n) is 5.02. The number of halogens is 4. The second-order valence-electron chi connectivity index (χ2n) is 6.33. The Kier molecular flexibility index (Phi) is 4.94. The minimum Gasteiger partial charge on any atom is -0.0575 e. The predicted molar refractivity (Wildman–Crippen MR) is 117 cm³/mol. The Morgan fingerprint density at radius 2 is 1.08 bits per heavy atom. The van der Waals surface area contributed by atoms with Gasteiger partial charge < -0.3 is 0 Å². The molecule has 0 radical (unpaired) electrons. The Morgan fingerprint density at radius 1 is 0.667 bits per heavy atom. The molecule has 0 aromatic heterocycles. The highest BCUT2D eigenvalue weighted by Gasteiger charge is 2.37. The van der Waals surface area contributed by atoms with Gasteiger partial charge in [-0.2, -0.15) is 0 Å². The van der Waals surface area contributed by atoms with Gasteiger partial charge >= 0.3 is 0 Å². The van der Waals surface area contributed by atoms with Crippen molar-refractivity contribution in [2.45, 2.75) is 24.7 Å². The molecule has 24 heavy (non-hydrogen) atoms. The molecule has 122 valence electrons. The quantitative estimate of drug-likeness (QED) is 0.339. The second-order valence-corrected chi connectivity index (χ2v) is 11.9. The first-order chi connectivity index (χ1) is 11.5. The van der Waals surface area contributed by atoms with Crippen molar-refractivity contribution >= 4 is 75.9 Å². The monoisotopic (exact) mass is 570 g/mol. The second kappa shape index (κ2) is 6.86. The number of benzene rings is 2. The Hall–Kier alpha value is -0.160. The molecule has 0 N–H and O–H groups in total. The van der Waals surface area contributed by atoms with Crippen molar-refractivity contribution in [3.63, 3.8) is 0 Å². The van der Waals surface area contributed by atoms with Crippen molar-refractivity contribution in [2.24, 2.45) is 0 Å². The molecule has 4 heteroatoms. The SMILES string of the molecule is BrC(Br)=Cc1ccc2c(c1)C1CCC2c2cc(C=C(Br)Br)ccc21. The lowest BCUT2D eigenvalue weighted by Crippen LogP contribution is -2.24. The minimum atomic E-state index is 0.535. The molecule has 0 saturated carbocycles. The van der Waals surface area contributed by atoms with Crippen LogP contribution in [0.4, 0.5) is 0 Å². The number of rotatable bonds is 2. The summed E-state index contributed by atoms with van der Waals surface area (Å²) in [5, 5.41) is 0. The maximum Gasteiger partial charge on any atom is 0.0610 e. The molecule has 2 aromatic carbocycles. The van der Waals surface area contributed by atoms with Crippen molar-refractivity contribution in [2.75, 3.05) is 0 Å². The van der Waals surface area contributed by atoms with E-state index in [1.807, 2.05) is 0 Å². The third kappa shape index (κ3) is 3.15. The fourth-order valence-corrected chi connectivity index (χ4v) is 5.20. The summed E-state index contributed by atoms with van der Waals surface area (Å²) < 4.78 is 1.96. The van der Waals surface area contributed by atoms with Crippen LogP contribution >= 0.6 is 63.7 Å². The van der Waals surface area contributed by atoms with E-state index < -0.39 is 0 Å². The van der Waals surface area contributed by atoms with Crippen LogP contribution in [-0.4, -0.2) is 0 Å². The molecule has 2 unspecified atom stereocenters. The van der Waals surface area contributed by atoms with Gasteiger partial charge in [0, 0.05) is 11.8 Å². The Bertz CT molecular complexity index is 798. The van der Waals surface area contributed by atoms with Crippen LogP contribution in [0.2, 0.25) is 0 Å². The smallest absolute Gasteiger partial charge is 0.0575 e. The maximum absolute atomic E-state index is 3.47. The van der Waals surface area contributed by atoms with Crippen molar-refractivity contribution in [1.82, 2.24) is 0 Å². The summed E-state index contributed by atoms with van der Waals surface area (Å²) in [5.74, 6) is 1.07. The third-order valence-corrected chi connectivity index (χ3v) is 5.93. The molecule has 2 aromatic rings. The van der Waals surface area contributed by atoms with E-state index in [-0.39, 0.29) is 0 Å². The van der Waals surface area contributed by atoms with Crippen LogP contribution in [0.1, 0.15) is 58.1 Å². The molecular weight excluding hydrogens is 560 g/mol. The van der Waals surface area contributed by atoms with Gasteiger partial charge in [-0.05, 0) is 122 Å². The van der Waals surface area contributed by atoms with Gasteiger partial charge in [0.15, 0.2) is 0 Å². The summed E-state index contributed by atoms with van der Waals surface area (Å²) in [6, 6.07) is 13.8. The van der Waals surface area contributed by atoms with Gasteiger partial charge in [-0.25, -0.2) is 0 Å².